The minimum absolute atomic E-state index is 0.157. The van der Waals surface area contributed by atoms with Crippen LogP contribution in [0.2, 0.25) is 0 Å². The highest BCUT2D eigenvalue weighted by Crippen LogP contribution is 2.19. The quantitative estimate of drug-likeness (QED) is 0.877. The van der Waals surface area contributed by atoms with Gasteiger partial charge in [0.05, 0.1) is 0 Å². The third-order valence-corrected chi connectivity index (χ3v) is 4.19. The van der Waals surface area contributed by atoms with Crippen LogP contribution < -0.4 is 5.73 Å². The van der Waals surface area contributed by atoms with E-state index in [1.54, 1.807) is 0 Å². The molecule has 0 saturated carbocycles. The molecule has 0 heterocycles. The Hall–Kier alpha value is -1.12. The average Bonchev–Trinajstić information content (AvgIpc) is 2.33. The number of halogens is 1. The molecule has 106 valence electrons. The zero-order valence-electron chi connectivity index (χ0n) is 12.4. The summed E-state index contributed by atoms with van der Waals surface area (Å²) in [5.74, 6) is 0. The molecule has 0 aromatic heterocycles. The summed E-state index contributed by atoms with van der Waals surface area (Å²) in [6.07, 6.45) is 1.84. The number of hydrogen-bond acceptors (Lipinski definition) is 1. The molecule has 2 N–H and O–H groups in total. The molecule has 1 unspecified atom stereocenters. The van der Waals surface area contributed by atoms with Gasteiger partial charge >= 0.3 is 0 Å². The van der Waals surface area contributed by atoms with E-state index in [-0.39, 0.29) is 6.04 Å². The molecule has 2 aromatic carbocycles. The van der Waals surface area contributed by atoms with Gasteiger partial charge in [-0.15, -0.1) is 0 Å². The molecular weight excluding hydrogens is 310 g/mol. The van der Waals surface area contributed by atoms with Crippen LogP contribution in [0.25, 0.3) is 0 Å². The summed E-state index contributed by atoms with van der Waals surface area (Å²) in [5, 5.41) is 0. The van der Waals surface area contributed by atoms with Crippen LogP contribution in [-0.4, -0.2) is 6.04 Å². The van der Waals surface area contributed by atoms with Gasteiger partial charge in [0, 0.05) is 10.5 Å². The predicted molar refractivity (Wildman–Crippen MR) is 90.2 cm³/mol. The van der Waals surface area contributed by atoms with Crippen LogP contribution in [0.1, 0.15) is 27.8 Å². The molecular formula is C18H22BrN. The smallest absolute Gasteiger partial charge is 0.0178 e. The molecule has 0 radical (unpaired) electrons. The van der Waals surface area contributed by atoms with Crippen molar-refractivity contribution in [3.63, 3.8) is 0 Å². The number of rotatable bonds is 4. The molecule has 2 heteroatoms. The summed E-state index contributed by atoms with van der Waals surface area (Å²) in [5.41, 5.74) is 13.1. The SMILES string of the molecule is Cc1cc(C)c(CC(N)Cc2cccc(Br)c2)c(C)c1. The third-order valence-electron chi connectivity index (χ3n) is 3.69. The van der Waals surface area contributed by atoms with E-state index in [1.807, 2.05) is 6.07 Å². The topological polar surface area (TPSA) is 26.0 Å². The Morgan fingerprint density at radius 2 is 1.65 bits per heavy atom. The van der Waals surface area contributed by atoms with E-state index in [1.165, 1.54) is 27.8 Å². The maximum absolute atomic E-state index is 6.35. The Balaban J connectivity index is 2.10. The van der Waals surface area contributed by atoms with Gasteiger partial charge in [-0.25, -0.2) is 0 Å². The Morgan fingerprint density at radius 3 is 2.25 bits per heavy atom. The minimum Gasteiger partial charge on any atom is -0.327 e. The van der Waals surface area contributed by atoms with Gasteiger partial charge in [-0.3, -0.25) is 0 Å². The number of aryl methyl sites for hydroxylation is 3. The van der Waals surface area contributed by atoms with Gasteiger partial charge in [0.1, 0.15) is 0 Å². The van der Waals surface area contributed by atoms with Crippen molar-refractivity contribution >= 4 is 15.9 Å². The summed E-state index contributed by atoms with van der Waals surface area (Å²) < 4.78 is 1.12. The van der Waals surface area contributed by atoms with Crippen LogP contribution in [0, 0.1) is 20.8 Å². The van der Waals surface area contributed by atoms with Gasteiger partial charge in [-0.2, -0.15) is 0 Å². The second-order valence-corrected chi connectivity index (χ2v) is 6.59. The molecule has 0 aliphatic heterocycles. The van der Waals surface area contributed by atoms with Gasteiger partial charge in [-0.1, -0.05) is 45.8 Å². The molecule has 2 rings (SSSR count). The van der Waals surface area contributed by atoms with Crippen molar-refractivity contribution in [3.05, 3.63) is 68.7 Å². The normalized spacial score (nSPS) is 12.4. The number of hydrogen-bond donors (Lipinski definition) is 1. The largest absolute Gasteiger partial charge is 0.327 e. The van der Waals surface area contributed by atoms with Crippen molar-refractivity contribution in [2.45, 2.75) is 39.7 Å². The zero-order chi connectivity index (χ0) is 14.7. The molecule has 20 heavy (non-hydrogen) atoms. The fourth-order valence-corrected chi connectivity index (χ4v) is 3.28. The fourth-order valence-electron chi connectivity index (χ4n) is 2.83. The van der Waals surface area contributed by atoms with Crippen molar-refractivity contribution in [2.75, 3.05) is 0 Å². The average molecular weight is 332 g/mol. The van der Waals surface area contributed by atoms with E-state index < -0.39 is 0 Å². The summed E-state index contributed by atoms with van der Waals surface area (Å²) in [4.78, 5) is 0. The number of benzene rings is 2. The molecule has 0 saturated heterocycles. The van der Waals surface area contributed by atoms with E-state index in [0.29, 0.717) is 0 Å². The van der Waals surface area contributed by atoms with E-state index in [9.17, 15) is 0 Å². The highest BCUT2D eigenvalue weighted by atomic mass is 79.9. The molecule has 2 aromatic rings. The van der Waals surface area contributed by atoms with E-state index in [4.69, 9.17) is 5.73 Å². The molecule has 0 aliphatic rings. The minimum atomic E-state index is 0.157. The van der Waals surface area contributed by atoms with E-state index in [2.05, 4.69) is 67.0 Å². The molecule has 1 atom stereocenters. The lowest BCUT2D eigenvalue weighted by Crippen LogP contribution is -2.26. The van der Waals surface area contributed by atoms with Crippen LogP contribution in [-0.2, 0) is 12.8 Å². The molecule has 0 aliphatic carbocycles. The van der Waals surface area contributed by atoms with E-state index in [0.717, 1.165) is 17.3 Å². The summed E-state index contributed by atoms with van der Waals surface area (Å²) >= 11 is 3.51. The van der Waals surface area contributed by atoms with Crippen molar-refractivity contribution in [1.82, 2.24) is 0 Å². The second-order valence-electron chi connectivity index (χ2n) is 5.68. The number of nitrogens with two attached hydrogens (primary N) is 1. The molecule has 0 fully saturated rings. The van der Waals surface area contributed by atoms with Crippen molar-refractivity contribution in [2.24, 2.45) is 5.73 Å². The van der Waals surface area contributed by atoms with Gasteiger partial charge in [0.15, 0.2) is 0 Å². The molecule has 0 spiro atoms. The van der Waals surface area contributed by atoms with Crippen LogP contribution in [0.3, 0.4) is 0 Å². The molecule has 0 amide bonds. The first-order chi connectivity index (χ1) is 9.45. The van der Waals surface area contributed by atoms with Crippen molar-refractivity contribution < 1.29 is 0 Å². The van der Waals surface area contributed by atoms with Crippen molar-refractivity contribution in [1.29, 1.82) is 0 Å². The Bertz CT molecular complexity index is 581. The third kappa shape index (κ3) is 3.94. The Kier molecular flexibility index (Phi) is 5.00. The Morgan fingerprint density at radius 1 is 1.00 bits per heavy atom. The fraction of sp³-hybridized carbons (Fsp3) is 0.333. The first kappa shape index (κ1) is 15.3. The summed E-state index contributed by atoms with van der Waals surface area (Å²) in [7, 11) is 0. The van der Waals surface area contributed by atoms with Gasteiger partial charge in [-0.05, 0) is 68.0 Å². The van der Waals surface area contributed by atoms with Gasteiger partial charge in [0.2, 0.25) is 0 Å². The maximum atomic E-state index is 6.35. The highest BCUT2D eigenvalue weighted by Gasteiger charge is 2.10. The lowest BCUT2D eigenvalue weighted by atomic mass is 9.92. The van der Waals surface area contributed by atoms with Crippen LogP contribution in [0.5, 0.6) is 0 Å². The predicted octanol–water partition coefficient (Wildman–Crippen LogP) is 4.49. The Labute approximate surface area is 130 Å². The summed E-state index contributed by atoms with van der Waals surface area (Å²) in [6, 6.07) is 13.0. The lowest BCUT2D eigenvalue weighted by molar-refractivity contribution is 0.660. The van der Waals surface area contributed by atoms with Crippen molar-refractivity contribution in [3.8, 4) is 0 Å². The van der Waals surface area contributed by atoms with Gasteiger partial charge < -0.3 is 5.73 Å². The van der Waals surface area contributed by atoms with Gasteiger partial charge in [0.25, 0.3) is 0 Å². The molecule has 1 nitrogen and oxygen atoms in total. The standard InChI is InChI=1S/C18H22BrN/c1-12-7-13(2)18(14(3)8-12)11-17(20)10-15-5-4-6-16(19)9-15/h4-9,17H,10-11,20H2,1-3H3. The maximum Gasteiger partial charge on any atom is 0.0178 e. The second kappa shape index (κ2) is 6.55. The molecule has 0 bridgehead atoms. The first-order valence-corrected chi connectivity index (χ1v) is 7.81. The zero-order valence-corrected chi connectivity index (χ0v) is 14.0. The summed E-state index contributed by atoms with van der Waals surface area (Å²) in [6.45, 7) is 6.51. The van der Waals surface area contributed by atoms with E-state index >= 15 is 0 Å². The van der Waals surface area contributed by atoms with Crippen LogP contribution in [0.4, 0.5) is 0 Å². The lowest BCUT2D eigenvalue weighted by Gasteiger charge is -2.16. The van der Waals surface area contributed by atoms with Crippen LogP contribution >= 0.6 is 15.9 Å². The van der Waals surface area contributed by atoms with Crippen LogP contribution in [0.15, 0.2) is 40.9 Å². The first-order valence-electron chi connectivity index (χ1n) is 7.02. The highest BCUT2D eigenvalue weighted by molar-refractivity contribution is 9.10. The monoisotopic (exact) mass is 331 g/mol.